The largest absolute Gasteiger partial charge is 0.356 e. The second kappa shape index (κ2) is 6.64. The highest BCUT2D eigenvalue weighted by Crippen LogP contribution is 2.30. The van der Waals surface area contributed by atoms with E-state index < -0.39 is 23.9 Å². The molecule has 1 aliphatic heterocycles. The Hall–Kier alpha value is -2.74. The lowest BCUT2D eigenvalue weighted by molar-refractivity contribution is -0.160. The number of carbonyl (C=O) groups excluding carboxylic acids is 2. The molecule has 1 saturated heterocycles. The average Bonchev–Trinajstić information content (AvgIpc) is 2.87. The van der Waals surface area contributed by atoms with Crippen LogP contribution in [-0.2, 0) is 21.4 Å². The predicted octanol–water partition coefficient (Wildman–Crippen LogP) is 1.40. The van der Waals surface area contributed by atoms with E-state index in [1.54, 1.807) is 30.9 Å². The van der Waals surface area contributed by atoms with Gasteiger partial charge in [0.15, 0.2) is 6.10 Å². The summed E-state index contributed by atoms with van der Waals surface area (Å²) in [6.45, 7) is 1.61. The number of anilines is 1. The fraction of sp³-hybridized carbons (Fsp3) is 0.353. The fourth-order valence-corrected chi connectivity index (χ4v) is 2.95. The number of likely N-dealkylation sites (N-methyl/N-ethyl adjacent to an activating group) is 1. The van der Waals surface area contributed by atoms with E-state index in [-0.39, 0.29) is 12.5 Å². The number of aryl methyl sites for hydroxylation is 2. The Kier molecular flexibility index (Phi) is 4.54. The van der Waals surface area contributed by atoms with Gasteiger partial charge in [-0.3, -0.25) is 14.3 Å². The Bertz CT molecular complexity index is 820. The van der Waals surface area contributed by atoms with Gasteiger partial charge in [0.05, 0.1) is 11.7 Å². The number of rotatable bonds is 3. The summed E-state index contributed by atoms with van der Waals surface area (Å²) in [4.78, 5) is 26.2. The minimum absolute atomic E-state index is 0.204. The number of hydrogen-bond acceptors (Lipinski definition) is 4. The zero-order chi connectivity index (χ0) is 18.1. The smallest absolute Gasteiger partial charge is 0.257 e. The number of hydrogen-bond donors (Lipinski definition) is 1. The fourth-order valence-electron chi connectivity index (χ4n) is 2.95. The van der Waals surface area contributed by atoms with Crippen molar-refractivity contribution in [3.05, 3.63) is 47.4 Å². The molecule has 2 aromatic rings. The van der Waals surface area contributed by atoms with Crippen molar-refractivity contribution < 1.29 is 18.7 Å². The summed E-state index contributed by atoms with van der Waals surface area (Å²) < 4.78 is 20.7. The third-order valence-electron chi connectivity index (χ3n) is 4.19. The number of nitrogens with zero attached hydrogens (tertiary/aromatic N) is 3. The number of nitrogens with one attached hydrogen (secondary N) is 1. The van der Waals surface area contributed by atoms with Crippen molar-refractivity contribution in [3.63, 3.8) is 0 Å². The molecule has 25 heavy (non-hydrogen) atoms. The van der Waals surface area contributed by atoms with Crippen molar-refractivity contribution in [2.45, 2.75) is 19.1 Å². The standard InChI is InChI=1S/C17H19FN4O3/c1-10-7-13(22(3)20-10)19-17(24)16-15(21(2)14(23)9-25-16)11-5-4-6-12(18)8-11/h4-8,15-16H,9H2,1-3H3,(H,19,24)/t15-,16+/m0/s1. The van der Waals surface area contributed by atoms with Crippen LogP contribution in [0.3, 0.4) is 0 Å². The molecule has 0 bridgehead atoms. The molecule has 1 aromatic heterocycles. The maximum Gasteiger partial charge on any atom is 0.257 e. The normalized spacial score (nSPS) is 20.6. The molecule has 0 spiro atoms. The van der Waals surface area contributed by atoms with E-state index >= 15 is 0 Å². The van der Waals surface area contributed by atoms with Crippen LogP contribution in [0.1, 0.15) is 17.3 Å². The number of halogens is 1. The maximum absolute atomic E-state index is 13.6. The summed E-state index contributed by atoms with van der Waals surface area (Å²) in [6.07, 6.45) is -0.959. The number of morpholine rings is 1. The van der Waals surface area contributed by atoms with Crippen LogP contribution in [0.4, 0.5) is 10.2 Å². The molecule has 0 radical (unpaired) electrons. The summed E-state index contributed by atoms with van der Waals surface area (Å²) in [5.41, 5.74) is 1.26. The van der Waals surface area contributed by atoms with Crippen molar-refractivity contribution in [1.82, 2.24) is 14.7 Å². The number of ether oxygens (including phenoxy) is 1. The lowest BCUT2D eigenvalue weighted by Crippen LogP contribution is -2.51. The third kappa shape index (κ3) is 3.39. The van der Waals surface area contributed by atoms with Crippen molar-refractivity contribution >= 4 is 17.6 Å². The second-order valence-electron chi connectivity index (χ2n) is 6.02. The van der Waals surface area contributed by atoms with E-state index in [4.69, 9.17) is 4.74 Å². The van der Waals surface area contributed by atoms with E-state index in [1.807, 2.05) is 6.92 Å². The first kappa shape index (κ1) is 17.1. The van der Waals surface area contributed by atoms with Crippen LogP contribution >= 0.6 is 0 Å². The minimum atomic E-state index is -0.959. The monoisotopic (exact) mass is 346 g/mol. The first-order valence-electron chi connectivity index (χ1n) is 7.81. The molecule has 2 atom stereocenters. The molecule has 0 aliphatic carbocycles. The van der Waals surface area contributed by atoms with Gasteiger partial charge in [-0.05, 0) is 24.6 Å². The van der Waals surface area contributed by atoms with Gasteiger partial charge in [-0.2, -0.15) is 5.10 Å². The first-order valence-corrected chi connectivity index (χ1v) is 7.81. The molecule has 2 heterocycles. The van der Waals surface area contributed by atoms with Crippen molar-refractivity contribution in [3.8, 4) is 0 Å². The molecule has 1 fully saturated rings. The van der Waals surface area contributed by atoms with E-state index in [2.05, 4.69) is 10.4 Å². The predicted molar refractivity (Wildman–Crippen MR) is 88.2 cm³/mol. The second-order valence-corrected chi connectivity index (χ2v) is 6.02. The first-order chi connectivity index (χ1) is 11.9. The summed E-state index contributed by atoms with van der Waals surface area (Å²) in [6, 6.07) is 6.83. The Balaban J connectivity index is 1.90. The molecular formula is C17H19FN4O3. The molecule has 1 N–H and O–H groups in total. The molecular weight excluding hydrogens is 327 g/mol. The van der Waals surface area contributed by atoms with Gasteiger partial charge < -0.3 is 15.0 Å². The highest BCUT2D eigenvalue weighted by atomic mass is 19.1. The van der Waals surface area contributed by atoms with Gasteiger partial charge in [0, 0.05) is 20.2 Å². The molecule has 7 nitrogen and oxygen atoms in total. The molecule has 2 amide bonds. The summed E-state index contributed by atoms with van der Waals surface area (Å²) >= 11 is 0. The van der Waals surface area contributed by atoms with Crippen molar-refractivity contribution in [2.75, 3.05) is 19.0 Å². The quantitative estimate of drug-likeness (QED) is 0.912. The van der Waals surface area contributed by atoms with Crippen LogP contribution in [0.25, 0.3) is 0 Å². The average molecular weight is 346 g/mol. The minimum Gasteiger partial charge on any atom is -0.356 e. The van der Waals surface area contributed by atoms with Crippen molar-refractivity contribution in [1.29, 1.82) is 0 Å². The van der Waals surface area contributed by atoms with Gasteiger partial charge in [-0.25, -0.2) is 4.39 Å². The number of carbonyl (C=O) groups is 2. The lowest BCUT2D eigenvalue weighted by atomic mass is 9.97. The Morgan fingerprint density at radius 3 is 2.76 bits per heavy atom. The Morgan fingerprint density at radius 1 is 1.36 bits per heavy atom. The Morgan fingerprint density at radius 2 is 2.12 bits per heavy atom. The van der Waals surface area contributed by atoms with Crippen LogP contribution < -0.4 is 5.32 Å². The summed E-state index contributed by atoms with van der Waals surface area (Å²) in [5.74, 6) is -0.611. The van der Waals surface area contributed by atoms with E-state index in [0.29, 0.717) is 11.4 Å². The Labute approximate surface area is 144 Å². The van der Waals surface area contributed by atoms with Gasteiger partial charge in [-0.1, -0.05) is 12.1 Å². The van der Waals surface area contributed by atoms with Crippen LogP contribution in [-0.4, -0.2) is 46.3 Å². The molecule has 0 unspecified atom stereocenters. The maximum atomic E-state index is 13.6. The highest BCUT2D eigenvalue weighted by Gasteiger charge is 2.40. The van der Waals surface area contributed by atoms with Crippen molar-refractivity contribution in [2.24, 2.45) is 7.05 Å². The number of benzene rings is 1. The molecule has 8 heteroatoms. The highest BCUT2D eigenvalue weighted by molar-refractivity contribution is 5.95. The van der Waals surface area contributed by atoms with E-state index in [0.717, 1.165) is 5.69 Å². The van der Waals surface area contributed by atoms with Crippen LogP contribution in [0.15, 0.2) is 30.3 Å². The van der Waals surface area contributed by atoms with Gasteiger partial charge in [0.2, 0.25) is 5.91 Å². The number of amides is 2. The molecule has 3 rings (SSSR count). The third-order valence-corrected chi connectivity index (χ3v) is 4.19. The molecule has 0 saturated carbocycles. The molecule has 1 aliphatic rings. The SMILES string of the molecule is Cc1cc(NC(=O)[C@@H]2OCC(=O)N(C)[C@H]2c2cccc(F)c2)n(C)n1. The van der Waals surface area contributed by atoms with Gasteiger partial charge in [0.1, 0.15) is 18.2 Å². The molecule has 1 aromatic carbocycles. The van der Waals surface area contributed by atoms with Crippen LogP contribution in [0.2, 0.25) is 0 Å². The van der Waals surface area contributed by atoms with Crippen LogP contribution in [0, 0.1) is 12.7 Å². The van der Waals surface area contributed by atoms with Crippen LogP contribution in [0.5, 0.6) is 0 Å². The zero-order valence-electron chi connectivity index (χ0n) is 14.2. The van der Waals surface area contributed by atoms with E-state index in [1.165, 1.54) is 23.1 Å². The summed E-state index contributed by atoms with van der Waals surface area (Å²) in [5, 5.41) is 6.93. The number of aromatic nitrogens is 2. The van der Waals surface area contributed by atoms with Gasteiger partial charge in [0.25, 0.3) is 5.91 Å². The van der Waals surface area contributed by atoms with E-state index in [9.17, 15) is 14.0 Å². The summed E-state index contributed by atoms with van der Waals surface area (Å²) in [7, 11) is 3.29. The zero-order valence-corrected chi connectivity index (χ0v) is 14.2. The lowest BCUT2D eigenvalue weighted by Gasteiger charge is -2.38. The van der Waals surface area contributed by atoms with Gasteiger partial charge >= 0.3 is 0 Å². The topological polar surface area (TPSA) is 76.5 Å². The van der Waals surface area contributed by atoms with Gasteiger partial charge in [-0.15, -0.1) is 0 Å². The molecule has 132 valence electrons.